The standard InChI is InChI=1S/C48H30O/c1-2-13-31(14-3-1)33-27-28-44-43(30-33)48-42(25-12-26-45(48)49-44)47-40-22-8-6-20-38(40)46(39-21-7-9-23-41(39)47)35-18-10-17-34(29-35)37-24-11-16-32-15-4-5-19-36(32)37/h1-30H/i1D,2D,3D,10D,13D,14D,17D,18D,29D. The molecule has 1 nitrogen and oxygen atoms in total. The van der Waals surface area contributed by atoms with Crippen molar-refractivity contribution in [3.8, 4) is 44.5 Å². The van der Waals surface area contributed by atoms with Crippen molar-refractivity contribution >= 4 is 54.3 Å². The lowest BCUT2D eigenvalue weighted by Crippen LogP contribution is -1.92. The highest BCUT2D eigenvalue weighted by Crippen LogP contribution is 2.47. The van der Waals surface area contributed by atoms with Gasteiger partial charge in [0, 0.05) is 10.8 Å². The molecule has 0 saturated carbocycles. The average molecular weight is 632 g/mol. The molecule has 0 bridgehead atoms. The van der Waals surface area contributed by atoms with Crippen molar-refractivity contribution < 1.29 is 16.8 Å². The minimum absolute atomic E-state index is 0.00789. The van der Waals surface area contributed by atoms with Crippen molar-refractivity contribution in [3.05, 3.63) is 182 Å². The van der Waals surface area contributed by atoms with E-state index >= 15 is 0 Å². The van der Waals surface area contributed by atoms with Crippen LogP contribution in [0.2, 0.25) is 0 Å². The molecule has 0 spiro atoms. The molecule has 0 aliphatic heterocycles. The van der Waals surface area contributed by atoms with Crippen LogP contribution in [0, 0.1) is 0 Å². The number of hydrogen-bond donors (Lipinski definition) is 0. The topological polar surface area (TPSA) is 13.1 Å². The van der Waals surface area contributed by atoms with Crippen LogP contribution in [-0.4, -0.2) is 0 Å². The highest BCUT2D eigenvalue weighted by atomic mass is 16.3. The van der Waals surface area contributed by atoms with E-state index in [1.165, 1.54) is 0 Å². The van der Waals surface area contributed by atoms with Gasteiger partial charge in [-0.25, -0.2) is 0 Å². The third kappa shape index (κ3) is 4.40. The first-order valence-electron chi connectivity index (χ1n) is 20.6. The first-order chi connectivity index (χ1) is 28.1. The normalized spacial score (nSPS) is 14.2. The first-order valence-corrected chi connectivity index (χ1v) is 16.1. The van der Waals surface area contributed by atoms with E-state index < -0.39 is 18.1 Å². The smallest absolute Gasteiger partial charge is 0.136 e. The van der Waals surface area contributed by atoms with Gasteiger partial charge in [0.25, 0.3) is 0 Å². The van der Waals surface area contributed by atoms with E-state index in [2.05, 4.69) is 0 Å². The van der Waals surface area contributed by atoms with Crippen molar-refractivity contribution in [1.29, 1.82) is 0 Å². The number of fused-ring (bicyclic) bond motifs is 6. The van der Waals surface area contributed by atoms with Crippen molar-refractivity contribution in [2.45, 2.75) is 0 Å². The highest BCUT2D eigenvalue weighted by Gasteiger charge is 2.21. The molecule has 228 valence electrons. The van der Waals surface area contributed by atoms with Crippen LogP contribution in [0.4, 0.5) is 0 Å². The molecule has 0 unspecified atom stereocenters. The molecule has 0 saturated heterocycles. The van der Waals surface area contributed by atoms with E-state index in [0.29, 0.717) is 38.8 Å². The largest absolute Gasteiger partial charge is 0.456 e. The summed E-state index contributed by atoms with van der Waals surface area (Å²) in [6.45, 7) is 0. The van der Waals surface area contributed by atoms with E-state index in [1.807, 2.05) is 115 Å². The fourth-order valence-corrected chi connectivity index (χ4v) is 7.32. The fourth-order valence-electron chi connectivity index (χ4n) is 7.32. The van der Waals surface area contributed by atoms with E-state index in [-0.39, 0.29) is 47.4 Å². The second-order valence-corrected chi connectivity index (χ2v) is 12.1. The Bertz CT molecular complexity index is 3310. The summed E-state index contributed by atoms with van der Waals surface area (Å²) in [5.74, 6) is 0. The second-order valence-electron chi connectivity index (χ2n) is 12.1. The molecule has 0 aliphatic carbocycles. The van der Waals surface area contributed by atoms with Crippen LogP contribution in [0.25, 0.3) is 98.8 Å². The van der Waals surface area contributed by atoms with E-state index in [0.717, 1.165) is 48.8 Å². The minimum atomic E-state index is -0.451. The zero-order valence-corrected chi connectivity index (χ0v) is 26.0. The summed E-state index contributed by atoms with van der Waals surface area (Å²) in [6, 6.07) is 37.9. The van der Waals surface area contributed by atoms with Crippen LogP contribution in [0.1, 0.15) is 12.3 Å². The molecule has 49 heavy (non-hydrogen) atoms. The molecule has 0 radical (unpaired) electrons. The maximum absolute atomic E-state index is 9.78. The molecule has 0 fully saturated rings. The lowest BCUT2D eigenvalue weighted by Gasteiger charge is -2.19. The third-order valence-electron chi connectivity index (χ3n) is 9.42. The number of furan rings is 1. The quantitative estimate of drug-likeness (QED) is 0.176. The van der Waals surface area contributed by atoms with Crippen LogP contribution >= 0.6 is 0 Å². The Labute approximate surface area is 297 Å². The molecule has 0 atom stereocenters. The highest BCUT2D eigenvalue weighted by molar-refractivity contribution is 6.26. The summed E-state index contributed by atoms with van der Waals surface area (Å²) < 4.78 is 85.7. The monoisotopic (exact) mass is 631 g/mol. The Kier molecular flexibility index (Phi) is 4.53. The lowest BCUT2D eigenvalue weighted by molar-refractivity contribution is 0.669. The fraction of sp³-hybridized carbons (Fsp3) is 0. The summed E-state index contributed by atoms with van der Waals surface area (Å²) in [6.07, 6.45) is 0. The van der Waals surface area contributed by atoms with Crippen LogP contribution in [0.5, 0.6) is 0 Å². The Balaban J connectivity index is 1.29. The molecule has 1 heteroatoms. The van der Waals surface area contributed by atoms with Crippen molar-refractivity contribution in [2.75, 3.05) is 0 Å². The van der Waals surface area contributed by atoms with Gasteiger partial charge in [-0.3, -0.25) is 0 Å². The number of rotatable bonds is 4. The van der Waals surface area contributed by atoms with E-state index in [4.69, 9.17) is 14.0 Å². The number of hydrogen-bond acceptors (Lipinski definition) is 1. The van der Waals surface area contributed by atoms with Crippen LogP contribution < -0.4 is 0 Å². The van der Waals surface area contributed by atoms with Gasteiger partial charge in [0.05, 0.1) is 12.3 Å². The summed E-state index contributed by atoms with van der Waals surface area (Å²) in [4.78, 5) is 0. The maximum Gasteiger partial charge on any atom is 0.136 e. The Morgan fingerprint density at radius 2 is 1.00 bits per heavy atom. The average Bonchev–Trinajstić information content (AvgIpc) is 3.63. The SMILES string of the molecule is [2H]c1c([2H])c([2H])c(-c2ccc3oc4cccc(-c5c6ccccc6c(-c6c([2H])c([2H])c([2H])c(-c7cccc8ccccc78)c6[2H])c6ccccc56)c4c3c2)c([2H])c1[2H]. The van der Waals surface area contributed by atoms with Crippen molar-refractivity contribution in [1.82, 2.24) is 0 Å². The molecule has 1 heterocycles. The molecule has 9 aromatic carbocycles. The molecule has 0 amide bonds. The summed E-state index contributed by atoms with van der Waals surface area (Å²) in [5.41, 5.74) is 5.33. The van der Waals surface area contributed by atoms with Crippen LogP contribution in [0.15, 0.2) is 186 Å². The minimum Gasteiger partial charge on any atom is -0.456 e. The van der Waals surface area contributed by atoms with Crippen molar-refractivity contribution in [2.24, 2.45) is 0 Å². The Morgan fingerprint density at radius 3 is 1.78 bits per heavy atom. The number of benzene rings is 9. The summed E-state index contributed by atoms with van der Waals surface area (Å²) in [5, 5.41) is 6.51. The lowest BCUT2D eigenvalue weighted by atomic mass is 9.84. The van der Waals surface area contributed by atoms with Gasteiger partial charge in [-0.15, -0.1) is 0 Å². The van der Waals surface area contributed by atoms with Gasteiger partial charge < -0.3 is 4.42 Å². The predicted octanol–water partition coefficient (Wildman–Crippen LogP) is 13.7. The van der Waals surface area contributed by atoms with Gasteiger partial charge in [-0.2, -0.15) is 0 Å². The van der Waals surface area contributed by atoms with Gasteiger partial charge in [0.2, 0.25) is 0 Å². The molecular formula is C48H30O. The molecule has 0 aliphatic rings. The molecule has 10 rings (SSSR count). The van der Waals surface area contributed by atoms with Crippen LogP contribution in [0.3, 0.4) is 0 Å². The van der Waals surface area contributed by atoms with Gasteiger partial charge in [0.15, 0.2) is 0 Å². The zero-order valence-electron chi connectivity index (χ0n) is 35.0. The first kappa shape index (κ1) is 20.0. The van der Waals surface area contributed by atoms with E-state index in [1.54, 1.807) is 12.1 Å². The van der Waals surface area contributed by atoms with Gasteiger partial charge in [-0.05, 0) is 101 Å². The molecule has 1 aromatic heterocycles. The van der Waals surface area contributed by atoms with Gasteiger partial charge in [-0.1, -0.05) is 158 Å². The zero-order chi connectivity index (χ0) is 40.1. The van der Waals surface area contributed by atoms with E-state index in [9.17, 15) is 2.74 Å². The van der Waals surface area contributed by atoms with Crippen LogP contribution in [-0.2, 0) is 0 Å². The Morgan fingerprint density at radius 1 is 0.388 bits per heavy atom. The van der Waals surface area contributed by atoms with Crippen molar-refractivity contribution in [3.63, 3.8) is 0 Å². The maximum atomic E-state index is 9.78. The van der Waals surface area contributed by atoms with Gasteiger partial charge in [0.1, 0.15) is 11.2 Å². The Hall–Kier alpha value is -6.44. The molecule has 0 N–H and O–H groups in total. The van der Waals surface area contributed by atoms with Gasteiger partial charge >= 0.3 is 0 Å². The molecular weight excluding hydrogens is 593 g/mol. The third-order valence-corrected chi connectivity index (χ3v) is 9.42. The molecule has 10 aromatic rings. The summed E-state index contributed by atoms with van der Waals surface area (Å²) >= 11 is 0. The summed E-state index contributed by atoms with van der Waals surface area (Å²) in [7, 11) is 0. The predicted molar refractivity (Wildman–Crippen MR) is 208 cm³/mol. The second kappa shape index (κ2) is 11.1.